The summed E-state index contributed by atoms with van der Waals surface area (Å²) in [5.41, 5.74) is 5.67. The maximum atomic E-state index is 11.2. The molecule has 2 unspecified atom stereocenters. The Balaban J connectivity index is 3.97. The number of nitrogens with two attached hydrogens (primary N) is 1. The van der Waals surface area contributed by atoms with Crippen LogP contribution in [0.4, 0.5) is 0 Å². The fourth-order valence-corrected chi connectivity index (χ4v) is 0.705. The number of amides is 1. The summed E-state index contributed by atoms with van der Waals surface area (Å²) >= 11 is 0. The Hall–Kier alpha value is -1.20. The van der Waals surface area contributed by atoms with Gasteiger partial charge in [-0.25, -0.2) is 0 Å². The summed E-state index contributed by atoms with van der Waals surface area (Å²) in [7, 11) is 0. The number of aliphatic hydroxyl groups is 1. The second-order valence-electron chi connectivity index (χ2n) is 3.20. The van der Waals surface area contributed by atoms with E-state index >= 15 is 0 Å². The Morgan fingerprint density at radius 3 is 2.43 bits per heavy atom. The summed E-state index contributed by atoms with van der Waals surface area (Å²) < 4.78 is 0. The van der Waals surface area contributed by atoms with Crippen molar-refractivity contribution in [1.82, 2.24) is 5.32 Å². The van der Waals surface area contributed by atoms with Gasteiger partial charge in [-0.05, 0) is 13.8 Å². The second kappa shape index (κ2) is 5.51. The maximum Gasteiger partial charge on any atom is 0.246 e. The minimum absolute atomic E-state index is 0.183. The van der Waals surface area contributed by atoms with Crippen LogP contribution in [0, 0.1) is 0 Å². The fourth-order valence-electron chi connectivity index (χ4n) is 0.705. The summed E-state index contributed by atoms with van der Waals surface area (Å²) in [5, 5.41) is 11.3. The molecule has 5 heteroatoms. The molecule has 5 nitrogen and oxygen atoms in total. The molecule has 0 rings (SSSR count). The van der Waals surface area contributed by atoms with Gasteiger partial charge in [0.05, 0.1) is 18.7 Å². The molecule has 80 valence electrons. The number of hydrogen-bond donors (Lipinski definition) is 3. The Bertz CT molecular complexity index is 248. The molecule has 0 saturated heterocycles. The van der Waals surface area contributed by atoms with E-state index in [0.29, 0.717) is 5.57 Å². The second-order valence-corrected chi connectivity index (χ2v) is 3.20. The van der Waals surface area contributed by atoms with Crippen molar-refractivity contribution in [3.05, 3.63) is 12.2 Å². The molecule has 0 heterocycles. The summed E-state index contributed by atoms with van der Waals surface area (Å²) in [6.07, 6.45) is -0.913. The van der Waals surface area contributed by atoms with E-state index in [1.54, 1.807) is 0 Å². The zero-order valence-electron chi connectivity index (χ0n) is 8.41. The molecule has 0 aliphatic heterocycles. The molecule has 14 heavy (non-hydrogen) atoms. The molecular formula is C9H16N2O3. The summed E-state index contributed by atoms with van der Waals surface area (Å²) in [4.78, 5) is 22.2. The summed E-state index contributed by atoms with van der Waals surface area (Å²) in [6.45, 7) is 6.18. The molecule has 1 amide bonds. The van der Waals surface area contributed by atoms with Crippen LogP contribution in [-0.2, 0) is 9.59 Å². The number of ketones is 1. The number of nitrogens with one attached hydrogen (secondary N) is 1. The quantitative estimate of drug-likeness (QED) is 0.494. The lowest BCUT2D eigenvalue weighted by molar-refractivity contribution is -0.125. The lowest BCUT2D eigenvalue weighted by atomic mass is 10.1. The molecule has 0 aliphatic carbocycles. The summed E-state index contributed by atoms with van der Waals surface area (Å²) in [5.74, 6) is -0.800. The molecule has 0 radical (unpaired) electrons. The Morgan fingerprint density at radius 1 is 1.57 bits per heavy atom. The van der Waals surface area contributed by atoms with E-state index in [1.165, 1.54) is 13.8 Å². The smallest absolute Gasteiger partial charge is 0.246 e. The zero-order chi connectivity index (χ0) is 11.3. The van der Waals surface area contributed by atoms with E-state index in [-0.39, 0.29) is 6.54 Å². The molecule has 0 fully saturated rings. The van der Waals surface area contributed by atoms with Crippen LogP contribution < -0.4 is 11.1 Å². The van der Waals surface area contributed by atoms with Crippen LogP contribution in [0.3, 0.4) is 0 Å². The normalized spacial score (nSPS) is 14.3. The Morgan fingerprint density at radius 2 is 2.07 bits per heavy atom. The van der Waals surface area contributed by atoms with Crippen molar-refractivity contribution in [3.8, 4) is 0 Å². The highest BCUT2D eigenvalue weighted by Crippen LogP contribution is 1.91. The number of hydrogen-bond acceptors (Lipinski definition) is 4. The predicted molar refractivity (Wildman–Crippen MR) is 52.5 cm³/mol. The lowest BCUT2D eigenvalue weighted by Crippen LogP contribution is -2.45. The Kier molecular flexibility index (Phi) is 5.04. The molecular weight excluding hydrogens is 184 g/mol. The van der Waals surface area contributed by atoms with Crippen LogP contribution in [-0.4, -0.2) is 35.5 Å². The third-order valence-electron chi connectivity index (χ3n) is 1.70. The Labute approximate surface area is 83.0 Å². The van der Waals surface area contributed by atoms with Crippen molar-refractivity contribution in [2.75, 3.05) is 6.54 Å². The van der Waals surface area contributed by atoms with E-state index in [4.69, 9.17) is 10.8 Å². The van der Waals surface area contributed by atoms with Crippen molar-refractivity contribution in [3.63, 3.8) is 0 Å². The highest BCUT2D eigenvalue weighted by Gasteiger charge is 2.18. The van der Waals surface area contributed by atoms with Gasteiger partial charge in [0.2, 0.25) is 5.91 Å². The molecule has 0 saturated carbocycles. The van der Waals surface area contributed by atoms with Crippen molar-refractivity contribution >= 4 is 11.7 Å². The van der Waals surface area contributed by atoms with E-state index in [2.05, 4.69) is 11.9 Å². The van der Waals surface area contributed by atoms with E-state index in [1.807, 2.05) is 0 Å². The monoisotopic (exact) mass is 200 g/mol. The predicted octanol–water partition coefficient (Wildman–Crippen LogP) is -1.04. The van der Waals surface area contributed by atoms with Gasteiger partial charge in [-0.2, -0.15) is 0 Å². The number of rotatable bonds is 5. The van der Waals surface area contributed by atoms with Crippen LogP contribution in [0.1, 0.15) is 13.8 Å². The highest BCUT2D eigenvalue weighted by molar-refractivity contribution is 5.96. The maximum absolute atomic E-state index is 11.2. The van der Waals surface area contributed by atoms with Crippen molar-refractivity contribution in [2.24, 2.45) is 5.73 Å². The van der Waals surface area contributed by atoms with E-state index in [0.717, 1.165) is 0 Å². The first kappa shape index (κ1) is 12.8. The number of aliphatic hydroxyl groups excluding tert-OH is 1. The molecule has 2 atom stereocenters. The number of Topliss-reactive ketones (excluding diaryl/α,β-unsaturated/α-hetero) is 1. The van der Waals surface area contributed by atoms with Gasteiger partial charge >= 0.3 is 0 Å². The van der Waals surface area contributed by atoms with E-state index in [9.17, 15) is 9.59 Å². The molecule has 0 spiro atoms. The van der Waals surface area contributed by atoms with Crippen LogP contribution in [0.2, 0.25) is 0 Å². The van der Waals surface area contributed by atoms with Gasteiger partial charge < -0.3 is 16.2 Å². The minimum Gasteiger partial charge on any atom is -0.391 e. The van der Waals surface area contributed by atoms with Gasteiger partial charge in [-0.3, -0.25) is 9.59 Å². The largest absolute Gasteiger partial charge is 0.391 e. The number of carbonyl (C=O) groups excluding carboxylic acids is 2. The topological polar surface area (TPSA) is 92.4 Å². The molecule has 0 aromatic carbocycles. The van der Waals surface area contributed by atoms with Gasteiger partial charge in [0.15, 0.2) is 5.78 Å². The molecule has 0 aromatic rings. The van der Waals surface area contributed by atoms with Gasteiger partial charge in [0.1, 0.15) is 0 Å². The van der Waals surface area contributed by atoms with Gasteiger partial charge in [-0.15, -0.1) is 0 Å². The van der Waals surface area contributed by atoms with Gasteiger partial charge in [0, 0.05) is 5.57 Å². The molecule has 0 aliphatic rings. The highest BCUT2D eigenvalue weighted by atomic mass is 16.3. The standard InChI is InChI=1S/C9H16N2O3/c1-5(2)9(14)11-4-7(13)8(10)6(3)12/h6,8,12H,1,4,10H2,2-3H3,(H,11,14). The number of carbonyl (C=O) groups is 2. The van der Waals surface area contributed by atoms with Crippen LogP contribution >= 0.6 is 0 Å². The van der Waals surface area contributed by atoms with Crippen molar-refractivity contribution < 1.29 is 14.7 Å². The minimum atomic E-state index is -0.958. The average Bonchev–Trinajstić information content (AvgIpc) is 2.11. The molecule has 4 N–H and O–H groups in total. The van der Waals surface area contributed by atoms with Crippen LogP contribution in [0.5, 0.6) is 0 Å². The fraction of sp³-hybridized carbons (Fsp3) is 0.556. The zero-order valence-corrected chi connectivity index (χ0v) is 8.41. The first-order chi connectivity index (χ1) is 6.36. The third kappa shape index (κ3) is 4.15. The van der Waals surface area contributed by atoms with E-state index < -0.39 is 23.8 Å². The van der Waals surface area contributed by atoms with Gasteiger partial charge in [-0.1, -0.05) is 6.58 Å². The third-order valence-corrected chi connectivity index (χ3v) is 1.70. The van der Waals surface area contributed by atoms with Gasteiger partial charge in [0.25, 0.3) is 0 Å². The summed E-state index contributed by atoms with van der Waals surface area (Å²) in [6, 6.07) is -0.958. The SMILES string of the molecule is C=C(C)C(=O)NCC(=O)C(N)C(C)O. The van der Waals surface area contributed by atoms with Crippen LogP contribution in [0.25, 0.3) is 0 Å². The van der Waals surface area contributed by atoms with Crippen molar-refractivity contribution in [2.45, 2.75) is 26.0 Å². The first-order valence-electron chi connectivity index (χ1n) is 4.26. The molecule has 0 aromatic heterocycles. The average molecular weight is 200 g/mol. The molecule has 0 bridgehead atoms. The van der Waals surface area contributed by atoms with Crippen molar-refractivity contribution in [1.29, 1.82) is 0 Å². The lowest BCUT2D eigenvalue weighted by Gasteiger charge is -2.13. The first-order valence-corrected chi connectivity index (χ1v) is 4.26. The van der Waals surface area contributed by atoms with Crippen LogP contribution in [0.15, 0.2) is 12.2 Å².